The van der Waals surface area contributed by atoms with Crippen LogP contribution < -0.4 is 10.6 Å². The van der Waals surface area contributed by atoms with Gasteiger partial charge in [0.15, 0.2) is 0 Å². The highest BCUT2D eigenvalue weighted by molar-refractivity contribution is 6.12. The zero-order valence-electron chi connectivity index (χ0n) is 26.3. The first-order valence-corrected chi connectivity index (χ1v) is 14.2. The maximum Gasteiger partial charge on any atom is 0.351 e. The molecule has 43 heavy (non-hydrogen) atoms. The van der Waals surface area contributed by atoms with Crippen molar-refractivity contribution in [3.63, 3.8) is 0 Å². The lowest BCUT2D eigenvalue weighted by Crippen LogP contribution is -2.39. The van der Waals surface area contributed by atoms with E-state index in [1.165, 1.54) is 16.5 Å². The Bertz CT molecular complexity index is 1510. The summed E-state index contributed by atoms with van der Waals surface area (Å²) in [5.41, 5.74) is 6.49. The Hall–Kier alpha value is -4.97. The van der Waals surface area contributed by atoms with E-state index in [1.807, 2.05) is 72.8 Å². The van der Waals surface area contributed by atoms with Crippen LogP contribution in [-0.4, -0.2) is 40.2 Å². The van der Waals surface area contributed by atoms with E-state index in [9.17, 15) is 20.0 Å². The van der Waals surface area contributed by atoms with Gasteiger partial charge in [-0.3, -0.25) is 20.0 Å². The van der Waals surface area contributed by atoms with Crippen molar-refractivity contribution in [2.24, 2.45) is 9.98 Å². The molecule has 0 aliphatic heterocycles. The molecule has 1 aromatic rings. The van der Waals surface area contributed by atoms with Crippen LogP contribution in [-0.2, 0) is 11.3 Å². The molecule has 9 heteroatoms. The zero-order chi connectivity index (χ0) is 32.1. The van der Waals surface area contributed by atoms with Gasteiger partial charge in [-0.1, -0.05) is 36.8 Å². The number of carbonyl (C=O) groups is 2. The van der Waals surface area contributed by atoms with E-state index in [0.29, 0.717) is 23.4 Å². The van der Waals surface area contributed by atoms with Crippen LogP contribution in [0.15, 0.2) is 98.5 Å². The maximum absolute atomic E-state index is 13.8. The van der Waals surface area contributed by atoms with Gasteiger partial charge in [-0.25, -0.2) is 4.79 Å². The molecule has 3 N–H and O–H groups in total. The summed E-state index contributed by atoms with van der Waals surface area (Å²) < 4.78 is 0. The fourth-order valence-corrected chi connectivity index (χ4v) is 4.18. The van der Waals surface area contributed by atoms with Gasteiger partial charge in [-0.15, -0.1) is 0 Å². The van der Waals surface area contributed by atoms with E-state index in [0.717, 1.165) is 28.7 Å². The van der Waals surface area contributed by atoms with E-state index >= 15 is 0 Å². The van der Waals surface area contributed by atoms with Crippen LogP contribution >= 0.6 is 0 Å². The number of aliphatic imine (C=N–C) groups is 2. The van der Waals surface area contributed by atoms with E-state index in [2.05, 4.69) is 39.7 Å². The van der Waals surface area contributed by atoms with Gasteiger partial charge < -0.3 is 10.4 Å². The molecule has 0 aromatic heterocycles. The van der Waals surface area contributed by atoms with Crippen molar-refractivity contribution < 1.29 is 14.7 Å². The Kier molecular flexibility index (Phi) is 13.1. The van der Waals surface area contributed by atoms with E-state index in [1.54, 1.807) is 18.2 Å². The predicted molar refractivity (Wildman–Crippen MR) is 173 cm³/mol. The first kappa shape index (κ1) is 34.2. The van der Waals surface area contributed by atoms with Crippen LogP contribution in [0.4, 0.5) is 4.79 Å². The molecule has 2 rings (SSSR count). The third-order valence-corrected chi connectivity index (χ3v) is 6.56. The van der Waals surface area contributed by atoms with E-state index < -0.39 is 6.03 Å². The van der Waals surface area contributed by atoms with Crippen molar-refractivity contribution in [3.8, 4) is 6.07 Å². The average molecular weight is 583 g/mol. The molecular formula is C34H42N6O3. The van der Waals surface area contributed by atoms with Crippen LogP contribution in [0.2, 0.25) is 0 Å². The largest absolute Gasteiger partial charge is 0.506 e. The third-order valence-electron chi connectivity index (χ3n) is 6.56. The minimum atomic E-state index is -0.667. The second-order valence-corrected chi connectivity index (χ2v) is 10.4. The Morgan fingerprint density at radius 2 is 1.91 bits per heavy atom. The highest BCUT2D eigenvalue weighted by Crippen LogP contribution is 2.21. The fourth-order valence-electron chi connectivity index (χ4n) is 4.18. The predicted octanol–water partition coefficient (Wildman–Crippen LogP) is 6.82. The monoisotopic (exact) mass is 582 g/mol. The lowest BCUT2D eigenvalue weighted by Gasteiger charge is -2.24. The Morgan fingerprint density at radius 1 is 1.19 bits per heavy atom. The molecule has 0 heterocycles. The summed E-state index contributed by atoms with van der Waals surface area (Å²) in [7, 11) is 0. The van der Waals surface area contributed by atoms with Gasteiger partial charge in [0, 0.05) is 17.8 Å². The van der Waals surface area contributed by atoms with Gasteiger partial charge in [-0.05, 0) is 101 Å². The number of nitrogens with one attached hydrogen (secondary N) is 2. The molecule has 0 atom stereocenters. The number of nitriles is 1. The number of amides is 3. The Balaban J connectivity index is 2.59. The van der Waals surface area contributed by atoms with Crippen molar-refractivity contribution in [1.29, 1.82) is 5.26 Å². The molecule has 0 radical (unpaired) electrons. The summed E-state index contributed by atoms with van der Waals surface area (Å²) in [6.45, 7) is 15.7. The van der Waals surface area contributed by atoms with Crippen molar-refractivity contribution in [2.45, 2.75) is 74.4 Å². The summed E-state index contributed by atoms with van der Waals surface area (Å²) in [5.74, 6) is -0.291. The summed E-state index contributed by atoms with van der Waals surface area (Å²) in [5, 5.41) is 25.5. The van der Waals surface area contributed by atoms with E-state index in [4.69, 9.17) is 0 Å². The van der Waals surface area contributed by atoms with Crippen molar-refractivity contribution in [1.82, 2.24) is 15.5 Å². The van der Waals surface area contributed by atoms with Crippen molar-refractivity contribution in [2.75, 3.05) is 0 Å². The first-order chi connectivity index (χ1) is 20.4. The van der Waals surface area contributed by atoms with Crippen LogP contribution in [0.5, 0.6) is 0 Å². The highest BCUT2D eigenvalue weighted by Gasteiger charge is 2.21. The summed E-state index contributed by atoms with van der Waals surface area (Å²) in [6, 6.07) is 6.82. The fraction of sp³-hybridized carbons (Fsp3) is 0.324. The molecule has 0 saturated carbocycles. The smallest absolute Gasteiger partial charge is 0.351 e. The lowest BCUT2D eigenvalue weighted by molar-refractivity contribution is -0.108. The number of aryl methyl sites for hydroxylation is 1. The summed E-state index contributed by atoms with van der Waals surface area (Å²) in [4.78, 5) is 35.6. The standard InChI is InChI=1S/C34H42N6O3/c1-9-23(6)14-24(7)15-29(11-3)40(20-28-16-26(19-35)13-12-25(28)8)34(43)39-33(36-21-41)38-31-17-27(10-2)30(18-32(31)42)37-22(4)5/h10-18,21-22,42H,9,20H2,1-8H3,(H2,36,38,39,41,43)/b23-14+,24-15-,27-10-,29-11+,37-30-. The molecule has 1 aliphatic rings. The molecule has 0 unspecified atom stereocenters. The van der Waals surface area contributed by atoms with Gasteiger partial charge in [0.1, 0.15) is 5.76 Å². The van der Waals surface area contributed by atoms with E-state index in [-0.39, 0.29) is 30.0 Å². The number of hydrogen-bond acceptors (Lipinski definition) is 5. The van der Waals surface area contributed by atoms with Crippen molar-refractivity contribution in [3.05, 3.63) is 105 Å². The second kappa shape index (κ2) is 16.5. The Morgan fingerprint density at radius 3 is 2.49 bits per heavy atom. The van der Waals surface area contributed by atoms with Crippen LogP contribution in [0.1, 0.15) is 71.6 Å². The molecule has 1 aliphatic carbocycles. The molecule has 1 aromatic carbocycles. The van der Waals surface area contributed by atoms with Gasteiger partial charge >= 0.3 is 6.03 Å². The normalized spacial score (nSPS) is 16.6. The topological polar surface area (TPSA) is 130 Å². The number of rotatable bonds is 9. The van der Waals surface area contributed by atoms with Crippen LogP contribution in [0, 0.1) is 18.3 Å². The summed E-state index contributed by atoms with van der Waals surface area (Å²) in [6.07, 6.45) is 12.1. The number of allylic oxidation sites excluding steroid dienone is 9. The van der Waals surface area contributed by atoms with Gasteiger partial charge in [0.25, 0.3) is 0 Å². The number of aliphatic hydroxyl groups is 1. The highest BCUT2D eigenvalue weighted by atomic mass is 16.3. The number of hydrogen-bond donors (Lipinski definition) is 3. The van der Waals surface area contributed by atoms with Gasteiger partial charge in [0.05, 0.1) is 29.6 Å². The summed E-state index contributed by atoms with van der Waals surface area (Å²) >= 11 is 0. The number of urea groups is 1. The number of guanidine groups is 1. The average Bonchev–Trinajstić information content (AvgIpc) is 2.96. The SMILES string of the molecule is C/C=C1/C=C(N/C(=N/C(=O)N(Cc2cc(C#N)ccc2C)C(/C=C(C)\C=C(/C)CC)=C/C)NC=O)C(O)=C/C1=N/C(C)C. The minimum Gasteiger partial charge on any atom is -0.506 e. The second-order valence-electron chi connectivity index (χ2n) is 10.4. The zero-order valence-corrected chi connectivity index (χ0v) is 26.3. The molecular weight excluding hydrogens is 540 g/mol. The lowest BCUT2D eigenvalue weighted by atomic mass is 10.0. The third kappa shape index (κ3) is 10.1. The number of benzene rings is 1. The number of nitrogens with zero attached hydrogens (tertiary/aromatic N) is 4. The molecule has 0 spiro atoms. The maximum atomic E-state index is 13.8. The molecule has 0 saturated heterocycles. The molecule has 226 valence electrons. The number of aliphatic hydroxyl groups excluding tert-OH is 1. The molecule has 3 amide bonds. The Labute approximate surface area is 255 Å². The molecule has 0 fully saturated rings. The van der Waals surface area contributed by atoms with Crippen molar-refractivity contribution >= 4 is 24.1 Å². The molecule has 9 nitrogen and oxygen atoms in total. The van der Waals surface area contributed by atoms with Gasteiger partial charge in [-0.2, -0.15) is 10.3 Å². The molecule has 0 bridgehead atoms. The van der Waals surface area contributed by atoms with Gasteiger partial charge in [0.2, 0.25) is 12.4 Å². The van der Waals surface area contributed by atoms with Crippen LogP contribution in [0.25, 0.3) is 0 Å². The first-order valence-electron chi connectivity index (χ1n) is 14.2. The minimum absolute atomic E-state index is 0.0201. The number of carbonyl (C=O) groups excluding carboxylic acids is 2. The quantitative estimate of drug-likeness (QED) is 0.127. The van der Waals surface area contributed by atoms with Crippen LogP contribution in [0.3, 0.4) is 0 Å².